The smallest absolute Gasteiger partial charge is 0.243 e. The molecule has 1 amide bonds. The van der Waals surface area contributed by atoms with Gasteiger partial charge in [-0.1, -0.05) is 0 Å². The van der Waals surface area contributed by atoms with Gasteiger partial charge in [0.05, 0.1) is 13.2 Å². The molecule has 0 saturated carbocycles. The summed E-state index contributed by atoms with van der Waals surface area (Å²) in [6.45, 7) is 4.41. The van der Waals surface area contributed by atoms with Crippen LogP contribution in [0.5, 0.6) is 5.75 Å². The van der Waals surface area contributed by atoms with Crippen molar-refractivity contribution < 1.29 is 9.53 Å². The van der Waals surface area contributed by atoms with Crippen molar-refractivity contribution >= 4 is 41.3 Å². The average Bonchev–Trinajstić information content (AvgIpc) is 2.78. The molecule has 1 aliphatic rings. The van der Waals surface area contributed by atoms with Crippen LogP contribution < -0.4 is 15.4 Å². The predicted molar refractivity (Wildman–Crippen MR) is 85.7 cm³/mol. The second-order valence-corrected chi connectivity index (χ2v) is 4.55. The van der Waals surface area contributed by atoms with Gasteiger partial charge in [0.25, 0.3) is 0 Å². The van der Waals surface area contributed by atoms with E-state index in [9.17, 15) is 4.79 Å². The van der Waals surface area contributed by atoms with Crippen LogP contribution in [-0.4, -0.2) is 42.2 Å². The molecule has 2 rings (SSSR count). The van der Waals surface area contributed by atoms with Gasteiger partial charge in [0.2, 0.25) is 5.91 Å². The number of ether oxygens (including phenoxy) is 1. The molecule has 0 spiro atoms. The summed E-state index contributed by atoms with van der Waals surface area (Å²) >= 11 is 5.09. The Morgan fingerprint density at radius 1 is 1.45 bits per heavy atom. The topological polar surface area (TPSA) is 53.6 Å². The lowest BCUT2D eigenvalue weighted by molar-refractivity contribution is -0.116. The first-order valence-electron chi connectivity index (χ1n) is 6.24. The molecule has 1 heterocycles. The van der Waals surface area contributed by atoms with Crippen molar-refractivity contribution in [1.82, 2.24) is 10.2 Å². The van der Waals surface area contributed by atoms with E-state index in [1.165, 1.54) is 0 Å². The zero-order chi connectivity index (χ0) is 13.7. The summed E-state index contributed by atoms with van der Waals surface area (Å²) in [6, 6.07) is 7.31. The van der Waals surface area contributed by atoms with Gasteiger partial charge in [-0.2, -0.15) is 0 Å². The molecule has 7 heteroatoms. The molecule has 5 nitrogen and oxygen atoms in total. The van der Waals surface area contributed by atoms with E-state index < -0.39 is 0 Å². The number of thiocarbonyl (C=S) groups is 1. The maximum atomic E-state index is 11.9. The van der Waals surface area contributed by atoms with E-state index in [1.54, 1.807) is 0 Å². The highest BCUT2D eigenvalue weighted by molar-refractivity contribution is 7.80. The van der Waals surface area contributed by atoms with E-state index in [1.807, 2.05) is 36.1 Å². The van der Waals surface area contributed by atoms with Gasteiger partial charge in [-0.3, -0.25) is 4.79 Å². The van der Waals surface area contributed by atoms with E-state index in [4.69, 9.17) is 17.0 Å². The molecule has 1 fully saturated rings. The maximum Gasteiger partial charge on any atom is 0.243 e. The van der Waals surface area contributed by atoms with Crippen molar-refractivity contribution in [2.75, 3.05) is 31.6 Å². The number of hydrogen-bond donors (Lipinski definition) is 2. The Hall–Kier alpha value is -1.53. The monoisotopic (exact) mass is 315 g/mol. The van der Waals surface area contributed by atoms with Gasteiger partial charge >= 0.3 is 0 Å². The molecular weight excluding hydrogens is 298 g/mol. The molecule has 1 aromatic carbocycles. The van der Waals surface area contributed by atoms with Gasteiger partial charge in [-0.25, -0.2) is 0 Å². The summed E-state index contributed by atoms with van der Waals surface area (Å²) < 4.78 is 5.34. The zero-order valence-corrected chi connectivity index (χ0v) is 12.9. The number of anilines is 1. The van der Waals surface area contributed by atoms with Crippen LogP contribution in [0.15, 0.2) is 24.3 Å². The number of nitrogens with zero attached hydrogens (tertiary/aromatic N) is 1. The second kappa shape index (κ2) is 7.91. The van der Waals surface area contributed by atoms with Crippen molar-refractivity contribution in [2.45, 2.75) is 6.92 Å². The standard InChI is InChI=1S/C13H17N3O2S.ClH/c1-2-18-11-5-3-10(4-6-11)15-12(17)9-16-8-7-14-13(16)19;/h3-6H,2,7-9H2,1H3,(H,14,19)(H,15,17);1H. The molecule has 0 bridgehead atoms. The molecule has 1 aromatic rings. The van der Waals surface area contributed by atoms with Gasteiger partial charge in [-0.05, 0) is 43.4 Å². The molecule has 0 radical (unpaired) electrons. The highest BCUT2D eigenvalue weighted by atomic mass is 35.5. The quantitative estimate of drug-likeness (QED) is 0.809. The summed E-state index contributed by atoms with van der Waals surface area (Å²) in [5.41, 5.74) is 0.756. The number of hydrogen-bond acceptors (Lipinski definition) is 3. The highest BCUT2D eigenvalue weighted by Crippen LogP contribution is 2.15. The first kappa shape index (κ1) is 16.5. The molecular formula is C13H18ClN3O2S. The SMILES string of the molecule is CCOc1ccc(NC(=O)CN2CCNC2=S)cc1.Cl. The van der Waals surface area contributed by atoms with Gasteiger partial charge in [0, 0.05) is 18.8 Å². The lowest BCUT2D eigenvalue weighted by Gasteiger charge is -2.15. The number of carbonyl (C=O) groups is 1. The third-order valence-electron chi connectivity index (χ3n) is 2.73. The third kappa shape index (κ3) is 4.54. The van der Waals surface area contributed by atoms with E-state index in [0.29, 0.717) is 11.7 Å². The van der Waals surface area contributed by atoms with Crippen LogP contribution in [0.25, 0.3) is 0 Å². The molecule has 20 heavy (non-hydrogen) atoms. The second-order valence-electron chi connectivity index (χ2n) is 4.16. The molecule has 1 aliphatic heterocycles. The lowest BCUT2D eigenvalue weighted by atomic mass is 10.3. The first-order chi connectivity index (χ1) is 9.19. The Morgan fingerprint density at radius 2 is 2.15 bits per heavy atom. The highest BCUT2D eigenvalue weighted by Gasteiger charge is 2.18. The summed E-state index contributed by atoms with van der Waals surface area (Å²) in [7, 11) is 0. The minimum absolute atomic E-state index is 0. The van der Waals surface area contributed by atoms with Crippen LogP contribution in [0, 0.1) is 0 Å². The van der Waals surface area contributed by atoms with Crippen LogP contribution in [0.1, 0.15) is 6.92 Å². The molecule has 0 aliphatic carbocycles. The van der Waals surface area contributed by atoms with Gasteiger partial charge in [-0.15, -0.1) is 12.4 Å². The van der Waals surface area contributed by atoms with Crippen LogP contribution in [0.3, 0.4) is 0 Å². The number of benzene rings is 1. The summed E-state index contributed by atoms with van der Waals surface area (Å²) in [5, 5.41) is 6.50. The fourth-order valence-corrected chi connectivity index (χ4v) is 2.09. The van der Waals surface area contributed by atoms with Crippen molar-refractivity contribution in [2.24, 2.45) is 0 Å². The summed E-state index contributed by atoms with van der Waals surface area (Å²) in [5.74, 6) is 0.723. The van der Waals surface area contributed by atoms with Crippen molar-refractivity contribution in [3.8, 4) is 5.75 Å². The van der Waals surface area contributed by atoms with Crippen molar-refractivity contribution in [3.63, 3.8) is 0 Å². The minimum Gasteiger partial charge on any atom is -0.494 e. The molecule has 110 valence electrons. The Morgan fingerprint density at radius 3 is 2.70 bits per heavy atom. The Balaban J connectivity index is 0.00000200. The summed E-state index contributed by atoms with van der Waals surface area (Å²) in [4.78, 5) is 13.7. The van der Waals surface area contributed by atoms with Crippen LogP contribution >= 0.6 is 24.6 Å². The van der Waals surface area contributed by atoms with Gasteiger partial charge < -0.3 is 20.3 Å². The minimum atomic E-state index is -0.0739. The van der Waals surface area contributed by atoms with Gasteiger partial charge in [0.15, 0.2) is 5.11 Å². The number of nitrogens with one attached hydrogen (secondary N) is 2. The fraction of sp³-hybridized carbons (Fsp3) is 0.385. The van der Waals surface area contributed by atoms with E-state index >= 15 is 0 Å². The summed E-state index contributed by atoms with van der Waals surface area (Å²) in [6.07, 6.45) is 0. The van der Waals surface area contributed by atoms with Crippen LogP contribution in [0.4, 0.5) is 5.69 Å². The Bertz CT molecular complexity index is 467. The largest absolute Gasteiger partial charge is 0.494 e. The third-order valence-corrected chi connectivity index (χ3v) is 3.13. The fourth-order valence-electron chi connectivity index (χ4n) is 1.84. The van der Waals surface area contributed by atoms with Crippen molar-refractivity contribution in [3.05, 3.63) is 24.3 Å². The molecule has 0 atom stereocenters. The van der Waals surface area contributed by atoms with Crippen LogP contribution in [-0.2, 0) is 4.79 Å². The van der Waals surface area contributed by atoms with Gasteiger partial charge in [0.1, 0.15) is 5.75 Å². The average molecular weight is 316 g/mol. The predicted octanol–water partition coefficient (Wildman–Crippen LogP) is 1.64. The number of rotatable bonds is 5. The van der Waals surface area contributed by atoms with Crippen molar-refractivity contribution in [1.29, 1.82) is 0 Å². The van der Waals surface area contributed by atoms with E-state index in [2.05, 4.69) is 10.6 Å². The normalized spacial score (nSPS) is 13.4. The molecule has 0 unspecified atom stereocenters. The lowest BCUT2D eigenvalue weighted by Crippen LogP contribution is -2.35. The number of halogens is 1. The first-order valence-corrected chi connectivity index (χ1v) is 6.65. The van der Waals surface area contributed by atoms with E-state index in [0.717, 1.165) is 24.5 Å². The molecule has 1 saturated heterocycles. The number of carbonyl (C=O) groups excluding carboxylic acids is 1. The Labute approximate surface area is 130 Å². The maximum absolute atomic E-state index is 11.9. The molecule has 2 N–H and O–H groups in total. The molecule has 0 aromatic heterocycles. The zero-order valence-electron chi connectivity index (χ0n) is 11.2. The Kier molecular flexibility index (Phi) is 6.54. The number of amides is 1. The van der Waals surface area contributed by atoms with Crippen LogP contribution in [0.2, 0.25) is 0 Å². The van der Waals surface area contributed by atoms with E-state index in [-0.39, 0.29) is 24.9 Å².